The lowest BCUT2D eigenvalue weighted by Gasteiger charge is -2.27. The molecule has 0 unspecified atom stereocenters. The molecule has 0 aromatic heterocycles. The van der Waals surface area contributed by atoms with Gasteiger partial charge >= 0.3 is 5.97 Å². The second kappa shape index (κ2) is 16.2. The van der Waals surface area contributed by atoms with Crippen LogP contribution in [0.25, 0.3) is 11.1 Å². The van der Waals surface area contributed by atoms with Crippen molar-refractivity contribution in [3.63, 3.8) is 0 Å². The van der Waals surface area contributed by atoms with E-state index in [1.165, 1.54) is 38.5 Å². The predicted octanol–water partition coefficient (Wildman–Crippen LogP) is 6.78. The molecule has 1 fully saturated rings. The molecule has 0 bridgehead atoms. The maximum absolute atomic E-state index is 13.3. The fourth-order valence-corrected chi connectivity index (χ4v) is 6.53. The number of carbonyl (C=O) groups is 2. The van der Waals surface area contributed by atoms with Crippen molar-refractivity contribution in [2.75, 3.05) is 23.5 Å². The molecule has 0 heterocycles. The van der Waals surface area contributed by atoms with Crippen LogP contribution in [-0.2, 0) is 11.3 Å². The van der Waals surface area contributed by atoms with Crippen molar-refractivity contribution in [1.82, 2.24) is 10.6 Å². The Morgan fingerprint density at radius 2 is 1.84 bits per heavy atom. The molecular weight excluding hydrogens is 512 g/mol. The van der Waals surface area contributed by atoms with E-state index in [2.05, 4.69) is 23.6 Å². The van der Waals surface area contributed by atoms with Crippen molar-refractivity contribution in [3.8, 4) is 11.1 Å². The monoisotopic (exact) mass is 556 g/mol. The molecule has 208 valence electrons. The fraction of sp³-hybridized carbons (Fsp3) is 0.548. The van der Waals surface area contributed by atoms with Gasteiger partial charge in [-0.2, -0.15) is 23.5 Å². The van der Waals surface area contributed by atoms with Gasteiger partial charge in [0.05, 0.1) is 0 Å². The van der Waals surface area contributed by atoms with E-state index < -0.39 is 12.0 Å². The summed E-state index contributed by atoms with van der Waals surface area (Å²) in [5.74, 6) is 2.39. The number of carboxylic acid groups (broad SMARTS) is 1. The second-order valence-electron chi connectivity index (χ2n) is 10.3. The van der Waals surface area contributed by atoms with E-state index >= 15 is 0 Å². The highest BCUT2D eigenvalue weighted by molar-refractivity contribution is 7.99. The number of hydrogen-bond donors (Lipinski definition) is 3. The molecule has 0 aliphatic heterocycles. The van der Waals surface area contributed by atoms with Gasteiger partial charge in [0.2, 0.25) is 0 Å². The summed E-state index contributed by atoms with van der Waals surface area (Å²) < 4.78 is 0. The van der Waals surface area contributed by atoms with Crippen LogP contribution < -0.4 is 10.6 Å². The van der Waals surface area contributed by atoms with Crippen LogP contribution in [0.3, 0.4) is 0 Å². The normalized spacial score (nSPS) is 15.7. The first-order chi connectivity index (χ1) is 18.4. The number of amides is 1. The summed E-state index contributed by atoms with van der Waals surface area (Å²) in [6, 6.07) is 13.6. The first-order valence-electron chi connectivity index (χ1n) is 14.0. The minimum atomic E-state index is -1.00. The first-order valence-corrected chi connectivity index (χ1v) is 16.5. The van der Waals surface area contributed by atoms with E-state index in [-0.39, 0.29) is 5.91 Å². The summed E-state index contributed by atoms with van der Waals surface area (Å²) in [5.41, 5.74) is 4.57. The SMILES string of the molecule is CCSC[C@H](CC1CCCCC1)NCc1ccc(C(=O)N[C@@H](CCSC)C(=O)O)c(-c2ccccc2C)c1. The van der Waals surface area contributed by atoms with E-state index in [4.69, 9.17) is 0 Å². The van der Waals surface area contributed by atoms with Gasteiger partial charge in [0.15, 0.2) is 0 Å². The van der Waals surface area contributed by atoms with E-state index in [1.54, 1.807) is 11.8 Å². The Morgan fingerprint density at radius 1 is 1.08 bits per heavy atom. The van der Waals surface area contributed by atoms with Crippen LogP contribution in [0.5, 0.6) is 0 Å². The number of aliphatic carboxylic acids is 1. The third kappa shape index (κ3) is 9.35. The van der Waals surface area contributed by atoms with Crippen molar-refractivity contribution in [1.29, 1.82) is 0 Å². The summed E-state index contributed by atoms with van der Waals surface area (Å²) in [7, 11) is 0. The molecule has 7 heteroatoms. The number of nitrogens with one attached hydrogen (secondary N) is 2. The van der Waals surface area contributed by atoms with Crippen LogP contribution >= 0.6 is 23.5 Å². The Labute approximate surface area is 237 Å². The Hall–Kier alpha value is -1.96. The molecule has 1 aliphatic carbocycles. The zero-order valence-electron chi connectivity index (χ0n) is 23.1. The van der Waals surface area contributed by atoms with Gasteiger partial charge in [0, 0.05) is 23.9 Å². The molecule has 0 radical (unpaired) electrons. The lowest BCUT2D eigenvalue weighted by Crippen LogP contribution is -2.41. The van der Waals surface area contributed by atoms with Gasteiger partial charge in [0.1, 0.15) is 6.04 Å². The number of benzene rings is 2. The summed E-state index contributed by atoms with van der Waals surface area (Å²) in [5, 5.41) is 16.2. The average Bonchev–Trinajstić information content (AvgIpc) is 2.93. The van der Waals surface area contributed by atoms with Crippen LogP contribution in [0, 0.1) is 12.8 Å². The Morgan fingerprint density at radius 3 is 2.53 bits per heavy atom. The number of aryl methyl sites for hydroxylation is 1. The van der Waals surface area contributed by atoms with E-state index in [9.17, 15) is 14.7 Å². The number of carboxylic acids is 1. The minimum absolute atomic E-state index is 0.342. The van der Waals surface area contributed by atoms with Crippen molar-refractivity contribution < 1.29 is 14.7 Å². The molecule has 38 heavy (non-hydrogen) atoms. The topological polar surface area (TPSA) is 78.4 Å². The van der Waals surface area contributed by atoms with Gasteiger partial charge in [-0.25, -0.2) is 4.79 Å². The standard InChI is InChI=1S/C31H44N2O3S2/c1-4-38-21-25(18-23-11-6-5-7-12-23)32-20-24-14-15-27(28(19-24)26-13-9-8-10-22(26)2)30(34)33-29(31(35)36)16-17-37-3/h8-10,13-15,19,23,25,29,32H,4-7,11-12,16-18,20-21H2,1-3H3,(H,33,34)(H,35,36)/t25-,29-/m0/s1. The highest BCUT2D eigenvalue weighted by atomic mass is 32.2. The highest BCUT2D eigenvalue weighted by Crippen LogP contribution is 2.30. The predicted molar refractivity (Wildman–Crippen MR) is 163 cm³/mol. The average molecular weight is 557 g/mol. The molecule has 1 aliphatic rings. The van der Waals surface area contributed by atoms with Crippen LogP contribution in [0.4, 0.5) is 0 Å². The molecule has 1 amide bonds. The summed E-state index contributed by atoms with van der Waals surface area (Å²) in [6.45, 7) is 5.01. The minimum Gasteiger partial charge on any atom is -0.480 e. The van der Waals surface area contributed by atoms with Crippen molar-refractivity contribution >= 4 is 35.4 Å². The Balaban J connectivity index is 1.82. The maximum Gasteiger partial charge on any atom is 0.326 e. The molecule has 3 rings (SSSR count). The molecule has 2 aromatic rings. The van der Waals surface area contributed by atoms with Crippen LogP contribution in [0.1, 0.15) is 73.4 Å². The lowest BCUT2D eigenvalue weighted by molar-refractivity contribution is -0.139. The van der Waals surface area contributed by atoms with Crippen molar-refractivity contribution in [3.05, 3.63) is 59.2 Å². The number of hydrogen-bond acceptors (Lipinski definition) is 5. The first kappa shape index (κ1) is 30.6. The molecule has 2 atom stereocenters. The summed E-state index contributed by atoms with van der Waals surface area (Å²) >= 11 is 3.57. The smallest absolute Gasteiger partial charge is 0.326 e. The maximum atomic E-state index is 13.3. The Bertz CT molecular complexity index is 1040. The molecule has 2 aromatic carbocycles. The van der Waals surface area contributed by atoms with Crippen molar-refractivity contribution in [2.24, 2.45) is 5.92 Å². The van der Waals surface area contributed by atoms with Gasteiger partial charge in [0.25, 0.3) is 5.91 Å². The van der Waals surface area contributed by atoms with Gasteiger partial charge < -0.3 is 15.7 Å². The van der Waals surface area contributed by atoms with Crippen molar-refractivity contribution in [2.45, 2.75) is 77.4 Å². The Kier molecular flexibility index (Phi) is 13.0. The zero-order valence-corrected chi connectivity index (χ0v) is 24.8. The van der Waals surface area contributed by atoms with Gasteiger partial charge in [-0.3, -0.25) is 4.79 Å². The van der Waals surface area contributed by atoms with Gasteiger partial charge in [-0.05, 0) is 77.8 Å². The quantitative estimate of drug-likeness (QED) is 0.224. The van der Waals surface area contributed by atoms with E-state index in [1.807, 2.05) is 61.3 Å². The molecule has 0 saturated heterocycles. The van der Waals surface area contributed by atoms with E-state index in [0.717, 1.165) is 46.2 Å². The largest absolute Gasteiger partial charge is 0.480 e. The van der Waals surface area contributed by atoms with Crippen LogP contribution in [0.2, 0.25) is 0 Å². The third-order valence-electron chi connectivity index (χ3n) is 7.44. The summed E-state index contributed by atoms with van der Waals surface area (Å²) in [6.07, 6.45) is 10.4. The molecule has 0 spiro atoms. The van der Waals surface area contributed by atoms with Gasteiger partial charge in [-0.15, -0.1) is 0 Å². The summed E-state index contributed by atoms with van der Waals surface area (Å²) in [4.78, 5) is 25.1. The second-order valence-corrected chi connectivity index (χ2v) is 12.6. The zero-order chi connectivity index (χ0) is 27.3. The number of carbonyl (C=O) groups excluding carboxylic acids is 1. The molecule has 1 saturated carbocycles. The number of rotatable bonds is 15. The molecule has 3 N–H and O–H groups in total. The highest BCUT2D eigenvalue weighted by Gasteiger charge is 2.23. The lowest BCUT2D eigenvalue weighted by atomic mass is 9.85. The van der Waals surface area contributed by atoms with E-state index in [0.29, 0.717) is 23.8 Å². The third-order valence-corrected chi connectivity index (χ3v) is 9.13. The van der Waals surface area contributed by atoms with Gasteiger partial charge in [-0.1, -0.05) is 69.4 Å². The molecular formula is C31H44N2O3S2. The molecule has 5 nitrogen and oxygen atoms in total. The van der Waals surface area contributed by atoms with Crippen LogP contribution in [0.15, 0.2) is 42.5 Å². The van der Waals surface area contributed by atoms with Crippen LogP contribution in [-0.4, -0.2) is 52.6 Å². The fourth-order valence-electron chi connectivity index (χ4n) is 5.28. The number of thioether (sulfide) groups is 2.